The summed E-state index contributed by atoms with van der Waals surface area (Å²) in [6, 6.07) is 5.71. The number of halogens is 6. The zero-order valence-corrected chi connectivity index (χ0v) is 15.9. The summed E-state index contributed by atoms with van der Waals surface area (Å²) in [6.45, 7) is 1.87. The second-order valence-corrected chi connectivity index (χ2v) is 7.39. The van der Waals surface area contributed by atoms with E-state index in [1.165, 1.54) is 12.3 Å². The Labute approximate surface area is 171 Å². The van der Waals surface area contributed by atoms with Crippen LogP contribution in [0.5, 0.6) is 0 Å². The summed E-state index contributed by atoms with van der Waals surface area (Å²) in [5, 5.41) is 2.28. The molecule has 2 aromatic carbocycles. The molecule has 4 rings (SSSR count). The Hall–Kier alpha value is -3.30. The van der Waals surface area contributed by atoms with Gasteiger partial charge in [-0.15, -0.1) is 0 Å². The van der Waals surface area contributed by atoms with Crippen LogP contribution in [0.15, 0.2) is 47.4 Å². The highest BCUT2D eigenvalue weighted by Gasteiger charge is 2.37. The van der Waals surface area contributed by atoms with Crippen LogP contribution in [0.1, 0.15) is 40.0 Å². The number of nitrogens with zero attached hydrogens (tertiary/aromatic N) is 1. The monoisotopic (exact) mass is 440 g/mol. The number of carbonyl (C=O) groups excluding carboxylic acids is 1. The average Bonchev–Trinajstić information content (AvgIpc) is 2.99. The Morgan fingerprint density at radius 2 is 1.65 bits per heavy atom. The van der Waals surface area contributed by atoms with Gasteiger partial charge in [-0.25, -0.2) is 0 Å². The maximum atomic E-state index is 13.0. The summed E-state index contributed by atoms with van der Waals surface area (Å²) in [6.07, 6.45) is -8.19. The number of nitrogens with one attached hydrogen (secondary N) is 1. The van der Waals surface area contributed by atoms with Gasteiger partial charge in [0.1, 0.15) is 5.56 Å². The van der Waals surface area contributed by atoms with Gasteiger partial charge in [-0.05, 0) is 43.2 Å². The fourth-order valence-electron chi connectivity index (χ4n) is 3.80. The van der Waals surface area contributed by atoms with Crippen molar-refractivity contribution >= 4 is 22.5 Å². The van der Waals surface area contributed by atoms with Gasteiger partial charge < -0.3 is 9.88 Å². The third-order valence-electron chi connectivity index (χ3n) is 5.22. The molecule has 1 N–H and O–H groups in total. The molecule has 1 amide bonds. The molecule has 0 aliphatic carbocycles. The lowest BCUT2D eigenvalue weighted by Crippen LogP contribution is -2.24. The van der Waals surface area contributed by atoms with Crippen molar-refractivity contribution in [3.8, 4) is 0 Å². The molecule has 4 nitrogen and oxygen atoms in total. The van der Waals surface area contributed by atoms with E-state index in [-0.39, 0.29) is 23.1 Å². The van der Waals surface area contributed by atoms with Gasteiger partial charge in [0.15, 0.2) is 0 Å². The molecule has 1 aliphatic rings. The minimum absolute atomic E-state index is 0.0373. The molecule has 0 radical (unpaired) electrons. The van der Waals surface area contributed by atoms with E-state index in [1.807, 2.05) is 18.3 Å². The number of aromatic nitrogens is 1. The number of amides is 1. The number of benzene rings is 2. The molecule has 0 saturated carbocycles. The van der Waals surface area contributed by atoms with Crippen molar-refractivity contribution < 1.29 is 31.1 Å². The maximum absolute atomic E-state index is 13.0. The molecule has 1 aromatic heterocycles. The van der Waals surface area contributed by atoms with Crippen molar-refractivity contribution in [2.24, 2.45) is 0 Å². The fraction of sp³-hybridized carbons (Fsp3) is 0.238. The van der Waals surface area contributed by atoms with Gasteiger partial charge in [0, 0.05) is 23.3 Å². The number of hydrogen-bond acceptors (Lipinski definition) is 2. The minimum Gasteiger partial charge on any atom is -0.343 e. The van der Waals surface area contributed by atoms with E-state index in [1.54, 1.807) is 10.6 Å². The van der Waals surface area contributed by atoms with E-state index in [9.17, 15) is 35.9 Å². The third kappa shape index (κ3) is 3.66. The number of anilines is 1. The first-order chi connectivity index (χ1) is 14.4. The minimum atomic E-state index is -5.05. The van der Waals surface area contributed by atoms with Gasteiger partial charge in [0.05, 0.1) is 16.6 Å². The molecule has 0 spiro atoms. The number of pyridine rings is 1. The Morgan fingerprint density at radius 1 is 1.03 bits per heavy atom. The summed E-state index contributed by atoms with van der Waals surface area (Å²) >= 11 is 0. The normalized spacial score (nSPS) is 16.0. The molecule has 0 unspecified atom stereocenters. The molecule has 1 atom stereocenters. The molecule has 0 saturated heterocycles. The molecule has 1 aliphatic heterocycles. The lowest BCUT2D eigenvalue weighted by atomic mass is 10.1. The van der Waals surface area contributed by atoms with E-state index in [0.717, 1.165) is 5.56 Å². The largest absolute Gasteiger partial charge is 0.416 e. The molecule has 10 heteroatoms. The fourth-order valence-corrected chi connectivity index (χ4v) is 3.80. The zero-order valence-electron chi connectivity index (χ0n) is 15.9. The first-order valence-corrected chi connectivity index (χ1v) is 9.14. The van der Waals surface area contributed by atoms with Crippen molar-refractivity contribution in [3.05, 3.63) is 75.1 Å². The summed E-state index contributed by atoms with van der Waals surface area (Å²) < 4.78 is 80.0. The van der Waals surface area contributed by atoms with Crippen molar-refractivity contribution in [1.82, 2.24) is 4.57 Å². The highest BCUT2D eigenvalue weighted by atomic mass is 19.4. The first-order valence-electron chi connectivity index (χ1n) is 9.14. The number of para-hydroxylation sites is 1. The Morgan fingerprint density at radius 3 is 2.23 bits per heavy atom. The number of hydrogen-bond donors (Lipinski definition) is 1. The van der Waals surface area contributed by atoms with Gasteiger partial charge in [-0.2, -0.15) is 26.3 Å². The van der Waals surface area contributed by atoms with E-state index in [2.05, 4.69) is 0 Å². The topological polar surface area (TPSA) is 51.1 Å². The molecular weight excluding hydrogens is 426 g/mol. The van der Waals surface area contributed by atoms with Crippen molar-refractivity contribution in [1.29, 1.82) is 0 Å². The predicted molar refractivity (Wildman–Crippen MR) is 101 cm³/mol. The third-order valence-corrected chi connectivity index (χ3v) is 5.22. The second kappa shape index (κ2) is 6.86. The highest BCUT2D eigenvalue weighted by molar-refractivity contribution is 6.06. The highest BCUT2D eigenvalue weighted by Crippen LogP contribution is 2.38. The average molecular weight is 440 g/mol. The van der Waals surface area contributed by atoms with Crippen molar-refractivity contribution in [2.75, 3.05) is 5.32 Å². The molecule has 2 heterocycles. The lowest BCUT2D eigenvalue weighted by molar-refractivity contribution is -0.143. The zero-order chi connectivity index (χ0) is 22.7. The van der Waals surface area contributed by atoms with Gasteiger partial charge >= 0.3 is 12.4 Å². The van der Waals surface area contributed by atoms with E-state index in [0.29, 0.717) is 24.1 Å². The smallest absolute Gasteiger partial charge is 0.343 e. The predicted octanol–water partition coefficient (Wildman–Crippen LogP) is 5.41. The molecular formula is C21H14F6N2O2. The lowest BCUT2D eigenvalue weighted by Gasteiger charge is -2.15. The van der Waals surface area contributed by atoms with Gasteiger partial charge in [-0.3, -0.25) is 9.59 Å². The molecule has 31 heavy (non-hydrogen) atoms. The van der Waals surface area contributed by atoms with Crippen LogP contribution in [0.2, 0.25) is 0 Å². The summed E-state index contributed by atoms with van der Waals surface area (Å²) in [5.74, 6) is -1.09. The van der Waals surface area contributed by atoms with Crippen LogP contribution < -0.4 is 10.7 Å². The van der Waals surface area contributed by atoms with E-state index >= 15 is 0 Å². The van der Waals surface area contributed by atoms with Crippen molar-refractivity contribution in [2.45, 2.75) is 31.7 Å². The molecule has 3 aromatic rings. The van der Waals surface area contributed by atoms with Crippen LogP contribution >= 0.6 is 0 Å². The SMILES string of the molecule is C[C@@H]1Cc2cccc3c(=O)c(C(=O)Nc4cc(C(F)(F)F)cc(C(F)(F)F)c4)cn1c23. The summed E-state index contributed by atoms with van der Waals surface area (Å²) in [4.78, 5) is 25.5. The van der Waals surface area contributed by atoms with Gasteiger partial charge in [0.25, 0.3) is 5.91 Å². The quantitative estimate of drug-likeness (QED) is 0.542. The van der Waals surface area contributed by atoms with Crippen LogP contribution in [0.4, 0.5) is 32.0 Å². The number of carbonyl (C=O) groups is 1. The Kier molecular flexibility index (Phi) is 4.64. The maximum Gasteiger partial charge on any atom is 0.416 e. The standard InChI is InChI=1S/C21H14F6N2O2/c1-10-5-11-3-2-4-15-17(11)29(10)9-16(18(15)30)19(31)28-14-7-12(20(22,23)24)6-13(8-14)21(25,26)27/h2-4,6-10H,5H2,1H3,(H,28,31)/t10-/m1/s1. The first kappa shape index (κ1) is 21.0. The Balaban J connectivity index is 1.79. The van der Waals surface area contributed by atoms with Crippen LogP contribution in [0.3, 0.4) is 0 Å². The van der Waals surface area contributed by atoms with E-state index in [4.69, 9.17) is 0 Å². The summed E-state index contributed by atoms with van der Waals surface area (Å²) in [7, 11) is 0. The van der Waals surface area contributed by atoms with Gasteiger partial charge in [0.2, 0.25) is 5.43 Å². The summed E-state index contributed by atoms with van der Waals surface area (Å²) in [5.41, 5.74) is -3.28. The molecule has 162 valence electrons. The number of alkyl halides is 6. The molecule has 0 bridgehead atoms. The van der Waals surface area contributed by atoms with E-state index < -0.39 is 40.5 Å². The Bertz CT molecular complexity index is 1240. The van der Waals surface area contributed by atoms with Crippen molar-refractivity contribution in [3.63, 3.8) is 0 Å². The number of rotatable bonds is 2. The van der Waals surface area contributed by atoms with Crippen LogP contribution in [-0.4, -0.2) is 10.5 Å². The van der Waals surface area contributed by atoms with Crippen LogP contribution in [0.25, 0.3) is 10.9 Å². The van der Waals surface area contributed by atoms with Crippen LogP contribution in [0, 0.1) is 0 Å². The van der Waals surface area contributed by atoms with Crippen LogP contribution in [-0.2, 0) is 18.8 Å². The van der Waals surface area contributed by atoms with Gasteiger partial charge in [-0.1, -0.05) is 12.1 Å². The molecule has 0 fully saturated rings. The second-order valence-electron chi connectivity index (χ2n) is 7.39.